The number of hydrogen-bond donors (Lipinski definition) is 1. The summed E-state index contributed by atoms with van der Waals surface area (Å²) in [4.78, 5) is 2.63. The van der Waals surface area contributed by atoms with Gasteiger partial charge in [0.05, 0.1) is 0 Å². The van der Waals surface area contributed by atoms with Gasteiger partial charge >= 0.3 is 0 Å². The molecule has 112 valence electrons. The van der Waals surface area contributed by atoms with E-state index in [0.29, 0.717) is 6.04 Å². The first kappa shape index (κ1) is 15.5. The van der Waals surface area contributed by atoms with Crippen molar-refractivity contribution in [1.29, 1.82) is 0 Å². The van der Waals surface area contributed by atoms with Crippen LogP contribution in [0.3, 0.4) is 0 Å². The summed E-state index contributed by atoms with van der Waals surface area (Å²) in [5.41, 5.74) is 4.28. The van der Waals surface area contributed by atoms with Crippen molar-refractivity contribution in [3.8, 4) is 0 Å². The van der Waals surface area contributed by atoms with Crippen molar-refractivity contribution in [2.24, 2.45) is 5.92 Å². The summed E-state index contributed by atoms with van der Waals surface area (Å²) < 4.78 is 0. The van der Waals surface area contributed by atoms with E-state index >= 15 is 0 Å². The molecule has 2 rings (SSSR count). The number of benzene rings is 1. The van der Waals surface area contributed by atoms with Gasteiger partial charge in [0, 0.05) is 25.7 Å². The van der Waals surface area contributed by atoms with Gasteiger partial charge in [0.15, 0.2) is 0 Å². The van der Waals surface area contributed by atoms with E-state index in [1.165, 1.54) is 49.2 Å². The summed E-state index contributed by atoms with van der Waals surface area (Å²) in [6.07, 6.45) is 2.67. The van der Waals surface area contributed by atoms with Gasteiger partial charge in [0.2, 0.25) is 0 Å². The molecule has 0 aromatic heterocycles. The molecule has 0 bridgehead atoms. The highest BCUT2D eigenvalue weighted by Crippen LogP contribution is 2.16. The zero-order chi connectivity index (χ0) is 14.5. The maximum absolute atomic E-state index is 3.63. The van der Waals surface area contributed by atoms with E-state index in [9.17, 15) is 0 Å². The molecule has 1 fully saturated rings. The van der Waals surface area contributed by atoms with E-state index < -0.39 is 0 Å². The van der Waals surface area contributed by atoms with Gasteiger partial charge < -0.3 is 5.32 Å². The van der Waals surface area contributed by atoms with Gasteiger partial charge in [-0.1, -0.05) is 37.6 Å². The topological polar surface area (TPSA) is 15.3 Å². The van der Waals surface area contributed by atoms with Crippen LogP contribution >= 0.6 is 0 Å². The molecule has 2 nitrogen and oxygen atoms in total. The van der Waals surface area contributed by atoms with Gasteiger partial charge in [-0.3, -0.25) is 4.90 Å². The predicted molar refractivity (Wildman–Crippen MR) is 87.1 cm³/mol. The lowest BCUT2D eigenvalue weighted by atomic mass is 10.0. The van der Waals surface area contributed by atoms with Crippen LogP contribution in [0.4, 0.5) is 0 Å². The fourth-order valence-corrected chi connectivity index (χ4v) is 3.16. The van der Waals surface area contributed by atoms with Gasteiger partial charge in [-0.2, -0.15) is 0 Å². The minimum absolute atomic E-state index is 0.693. The van der Waals surface area contributed by atoms with Crippen molar-refractivity contribution in [3.63, 3.8) is 0 Å². The molecule has 1 aromatic carbocycles. The van der Waals surface area contributed by atoms with Crippen molar-refractivity contribution in [3.05, 3.63) is 34.9 Å². The summed E-state index contributed by atoms with van der Waals surface area (Å²) in [6, 6.07) is 7.51. The second-order valence-corrected chi connectivity index (χ2v) is 6.81. The molecule has 1 heterocycles. The molecular formula is C18H30N2. The minimum atomic E-state index is 0.693. The molecule has 1 unspecified atom stereocenters. The Bertz CT molecular complexity index is 419. The van der Waals surface area contributed by atoms with E-state index in [1.54, 1.807) is 0 Å². The number of rotatable bonds is 6. The molecule has 1 saturated heterocycles. The molecule has 2 heteroatoms. The molecule has 0 aliphatic carbocycles. The smallest absolute Gasteiger partial charge is 0.0237 e. The summed E-state index contributed by atoms with van der Waals surface area (Å²) >= 11 is 0. The van der Waals surface area contributed by atoms with E-state index in [0.717, 1.165) is 12.5 Å². The molecule has 0 radical (unpaired) electrons. The lowest BCUT2D eigenvalue weighted by molar-refractivity contribution is 0.216. The molecule has 1 N–H and O–H groups in total. The Balaban J connectivity index is 2.03. The van der Waals surface area contributed by atoms with Crippen molar-refractivity contribution in [2.75, 3.05) is 19.6 Å². The monoisotopic (exact) mass is 274 g/mol. The Hall–Kier alpha value is -0.860. The fraction of sp³-hybridized carbons (Fsp3) is 0.667. The summed E-state index contributed by atoms with van der Waals surface area (Å²) in [7, 11) is 0. The zero-order valence-corrected chi connectivity index (χ0v) is 13.6. The molecule has 20 heavy (non-hydrogen) atoms. The van der Waals surface area contributed by atoms with E-state index in [1.807, 2.05) is 0 Å². The molecule has 1 atom stereocenters. The lowest BCUT2D eigenvalue weighted by Crippen LogP contribution is -2.39. The summed E-state index contributed by atoms with van der Waals surface area (Å²) in [5.74, 6) is 0.724. The molecular weight excluding hydrogens is 244 g/mol. The molecule has 1 aliphatic rings. The Kier molecular flexibility index (Phi) is 5.62. The zero-order valence-electron chi connectivity index (χ0n) is 13.6. The first-order chi connectivity index (χ1) is 9.54. The highest BCUT2D eigenvalue weighted by Gasteiger charge is 2.19. The normalized spacial score (nSPS) is 19.2. The Morgan fingerprint density at radius 1 is 1.30 bits per heavy atom. The second-order valence-electron chi connectivity index (χ2n) is 6.81. The van der Waals surface area contributed by atoms with E-state index in [2.05, 4.69) is 56.1 Å². The predicted octanol–water partition coefficient (Wildman–Crippen LogP) is 3.51. The highest BCUT2D eigenvalue weighted by atomic mass is 15.2. The highest BCUT2D eigenvalue weighted by molar-refractivity contribution is 5.30. The van der Waals surface area contributed by atoms with E-state index in [-0.39, 0.29) is 0 Å². The third-order valence-electron chi connectivity index (χ3n) is 4.16. The van der Waals surface area contributed by atoms with Crippen LogP contribution in [0.1, 0.15) is 43.4 Å². The average molecular weight is 274 g/mol. The number of nitrogens with zero attached hydrogens (tertiary/aromatic N) is 1. The van der Waals surface area contributed by atoms with Crippen LogP contribution in [0, 0.1) is 19.8 Å². The van der Waals surface area contributed by atoms with Crippen LogP contribution in [0.5, 0.6) is 0 Å². The van der Waals surface area contributed by atoms with Crippen molar-refractivity contribution in [2.45, 2.75) is 53.1 Å². The second kappa shape index (κ2) is 7.24. The molecule has 0 spiro atoms. The minimum Gasteiger partial charge on any atom is -0.313 e. The number of aryl methyl sites for hydroxylation is 2. The van der Waals surface area contributed by atoms with Crippen molar-refractivity contribution < 1.29 is 0 Å². The molecule has 1 aliphatic heterocycles. The molecule has 0 saturated carbocycles. The maximum Gasteiger partial charge on any atom is 0.0237 e. The van der Waals surface area contributed by atoms with Crippen LogP contribution in [0.25, 0.3) is 0 Å². The van der Waals surface area contributed by atoms with Crippen LogP contribution < -0.4 is 5.32 Å². The lowest BCUT2D eigenvalue weighted by Gasteiger charge is -2.28. The summed E-state index contributed by atoms with van der Waals surface area (Å²) in [5, 5.41) is 3.63. The Morgan fingerprint density at radius 2 is 2.10 bits per heavy atom. The quantitative estimate of drug-likeness (QED) is 0.854. The van der Waals surface area contributed by atoms with Crippen LogP contribution in [0.2, 0.25) is 0 Å². The standard InChI is InChI=1S/C18H30N2/c1-14(2)11-20(13-18-6-5-9-19-18)12-17-10-15(3)7-8-16(17)4/h7-8,10,14,18-19H,5-6,9,11-13H2,1-4H3. The van der Waals surface area contributed by atoms with Crippen LogP contribution in [-0.4, -0.2) is 30.6 Å². The van der Waals surface area contributed by atoms with Gasteiger partial charge in [0.25, 0.3) is 0 Å². The van der Waals surface area contributed by atoms with Gasteiger partial charge in [0.1, 0.15) is 0 Å². The van der Waals surface area contributed by atoms with E-state index in [4.69, 9.17) is 0 Å². The first-order valence-corrected chi connectivity index (χ1v) is 8.06. The fourth-order valence-electron chi connectivity index (χ4n) is 3.16. The number of hydrogen-bond acceptors (Lipinski definition) is 2. The van der Waals surface area contributed by atoms with Gasteiger partial charge in [-0.15, -0.1) is 0 Å². The van der Waals surface area contributed by atoms with Gasteiger partial charge in [-0.25, -0.2) is 0 Å². The maximum atomic E-state index is 3.63. The SMILES string of the molecule is Cc1ccc(C)c(CN(CC(C)C)CC2CCCN2)c1. The van der Waals surface area contributed by atoms with Crippen molar-refractivity contribution in [1.82, 2.24) is 10.2 Å². The van der Waals surface area contributed by atoms with Crippen LogP contribution in [0.15, 0.2) is 18.2 Å². The first-order valence-electron chi connectivity index (χ1n) is 8.06. The Morgan fingerprint density at radius 3 is 2.75 bits per heavy atom. The summed E-state index contributed by atoms with van der Waals surface area (Å²) in [6.45, 7) is 13.7. The van der Waals surface area contributed by atoms with Crippen molar-refractivity contribution >= 4 is 0 Å². The third-order valence-corrected chi connectivity index (χ3v) is 4.16. The van der Waals surface area contributed by atoms with Crippen LogP contribution in [-0.2, 0) is 6.54 Å². The van der Waals surface area contributed by atoms with Gasteiger partial charge in [-0.05, 0) is 50.3 Å². The largest absolute Gasteiger partial charge is 0.313 e. The Labute approximate surface area is 124 Å². The molecule has 0 amide bonds. The molecule has 1 aromatic rings. The number of nitrogens with one attached hydrogen (secondary N) is 1. The third kappa shape index (κ3) is 4.60. The average Bonchev–Trinajstić information content (AvgIpc) is 2.86.